The molecule has 26 heavy (non-hydrogen) atoms. The van der Waals surface area contributed by atoms with Gasteiger partial charge in [0.25, 0.3) is 0 Å². The van der Waals surface area contributed by atoms with Crippen LogP contribution in [0.15, 0.2) is 30.3 Å². The first-order valence-corrected chi connectivity index (χ1v) is 9.55. The minimum atomic E-state index is -1.16. The molecule has 3 atom stereocenters. The summed E-state index contributed by atoms with van der Waals surface area (Å²) in [5.41, 5.74) is 1.09. The number of benzene rings is 1. The maximum Gasteiger partial charge on any atom is 0.160 e. The van der Waals surface area contributed by atoms with E-state index >= 15 is 0 Å². The fourth-order valence-electron chi connectivity index (χ4n) is 3.20. The van der Waals surface area contributed by atoms with E-state index < -0.39 is 5.79 Å². The molecular weight excluding hydrogens is 330 g/mol. The first-order valence-electron chi connectivity index (χ1n) is 9.55. The molecule has 0 bridgehead atoms. The molecule has 1 aromatic rings. The summed E-state index contributed by atoms with van der Waals surface area (Å²) in [6.45, 7) is 11.3. The molecule has 0 aromatic heterocycles. The zero-order chi connectivity index (χ0) is 19.2. The first-order chi connectivity index (χ1) is 12.1. The molecule has 3 unspecified atom stereocenters. The van der Waals surface area contributed by atoms with Crippen LogP contribution in [-0.2, 0) is 20.8 Å². The highest BCUT2D eigenvalue weighted by Gasteiger charge is 2.38. The van der Waals surface area contributed by atoms with Gasteiger partial charge in [-0.05, 0) is 53.0 Å². The van der Waals surface area contributed by atoms with Crippen molar-refractivity contribution in [1.82, 2.24) is 5.32 Å². The van der Waals surface area contributed by atoms with Crippen LogP contribution in [0.5, 0.6) is 0 Å². The van der Waals surface area contributed by atoms with Crippen molar-refractivity contribution >= 4 is 0 Å². The molecule has 148 valence electrons. The van der Waals surface area contributed by atoms with Crippen LogP contribution in [-0.4, -0.2) is 48.0 Å². The van der Waals surface area contributed by atoms with E-state index in [9.17, 15) is 5.11 Å². The standard InChI is InChI=1S/C21H35NO4/c1-20(2,3)25-12-11-24-18-13-17(14-19(18)26-21(4,5)23)22-15-16-9-7-6-8-10-16/h6-10,17-19,22-23H,11-15H2,1-5H3. The van der Waals surface area contributed by atoms with Crippen molar-refractivity contribution in [3.8, 4) is 0 Å². The minimum absolute atomic E-state index is 0.0433. The van der Waals surface area contributed by atoms with E-state index in [0.29, 0.717) is 19.3 Å². The van der Waals surface area contributed by atoms with E-state index in [0.717, 1.165) is 19.4 Å². The van der Waals surface area contributed by atoms with Crippen molar-refractivity contribution < 1.29 is 19.3 Å². The highest BCUT2D eigenvalue weighted by Crippen LogP contribution is 2.29. The molecule has 2 N–H and O–H groups in total. The summed E-state index contributed by atoms with van der Waals surface area (Å²) in [5, 5.41) is 13.6. The molecule has 1 saturated carbocycles. The Labute approximate surface area is 158 Å². The second-order valence-electron chi connectivity index (χ2n) is 8.51. The molecule has 0 spiro atoms. The molecule has 2 rings (SSSR count). The lowest BCUT2D eigenvalue weighted by molar-refractivity contribution is -0.225. The van der Waals surface area contributed by atoms with E-state index in [1.807, 2.05) is 39.0 Å². The molecule has 1 aliphatic rings. The second-order valence-corrected chi connectivity index (χ2v) is 8.51. The first kappa shape index (κ1) is 21.3. The largest absolute Gasteiger partial charge is 0.373 e. The molecule has 1 aromatic carbocycles. The summed E-state index contributed by atoms with van der Waals surface area (Å²) < 4.78 is 17.6. The molecule has 0 aliphatic heterocycles. The third-order valence-corrected chi connectivity index (χ3v) is 4.28. The molecule has 0 heterocycles. The van der Waals surface area contributed by atoms with Crippen molar-refractivity contribution in [2.24, 2.45) is 0 Å². The van der Waals surface area contributed by atoms with E-state index in [2.05, 4.69) is 17.4 Å². The number of hydrogen-bond donors (Lipinski definition) is 2. The van der Waals surface area contributed by atoms with Crippen LogP contribution in [0.3, 0.4) is 0 Å². The summed E-state index contributed by atoms with van der Waals surface area (Å²) in [4.78, 5) is 0. The van der Waals surface area contributed by atoms with Crippen molar-refractivity contribution in [3.63, 3.8) is 0 Å². The van der Waals surface area contributed by atoms with Gasteiger partial charge in [-0.15, -0.1) is 0 Å². The van der Waals surface area contributed by atoms with Gasteiger partial charge in [0.15, 0.2) is 5.79 Å². The Morgan fingerprint density at radius 1 is 1.00 bits per heavy atom. The van der Waals surface area contributed by atoms with Crippen LogP contribution in [0, 0.1) is 0 Å². The summed E-state index contributed by atoms with van der Waals surface area (Å²) in [7, 11) is 0. The van der Waals surface area contributed by atoms with Gasteiger partial charge in [0.2, 0.25) is 0 Å². The Balaban J connectivity index is 1.84. The maximum absolute atomic E-state index is 10.0. The van der Waals surface area contributed by atoms with Gasteiger partial charge in [0.05, 0.1) is 31.0 Å². The van der Waals surface area contributed by atoms with Gasteiger partial charge in [-0.25, -0.2) is 0 Å². The van der Waals surface area contributed by atoms with Crippen molar-refractivity contribution in [2.75, 3.05) is 13.2 Å². The number of ether oxygens (including phenoxy) is 3. The van der Waals surface area contributed by atoms with E-state index in [1.165, 1.54) is 5.56 Å². The highest BCUT2D eigenvalue weighted by molar-refractivity contribution is 5.14. The lowest BCUT2D eigenvalue weighted by Crippen LogP contribution is -2.36. The molecule has 5 nitrogen and oxygen atoms in total. The van der Waals surface area contributed by atoms with Gasteiger partial charge in [0.1, 0.15) is 0 Å². The monoisotopic (exact) mass is 365 g/mol. The average molecular weight is 366 g/mol. The van der Waals surface area contributed by atoms with Gasteiger partial charge in [-0.1, -0.05) is 30.3 Å². The Morgan fingerprint density at radius 2 is 1.65 bits per heavy atom. The van der Waals surface area contributed by atoms with Crippen molar-refractivity contribution in [3.05, 3.63) is 35.9 Å². The molecule has 1 aliphatic carbocycles. The summed E-state index contributed by atoms with van der Waals surface area (Å²) in [6.07, 6.45) is 1.52. The Morgan fingerprint density at radius 3 is 2.27 bits per heavy atom. The highest BCUT2D eigenvalue weighted by atomic mass is 16.6. The molecule has 0 amide bonds. The van der Waals surface area contributed by atoms with Gasteiger partial charge in [-0.3, -0.25) is 0 Å². The predicted molar refractivity (Wildman–Crippen MR) is 103 cm³/mol. The minimum Gasteiger partial charge on any atom is -0.373 e. The number of rotatable bonds is 9. The number of hydrogen-bond acceptors (Lipinski definition) is 5. The topological polar surface area (TPSA) is 60.0 Å². The van der Waals surface area contributed by atoms with Crippen LogP contribution < -0.4 is 5.32 Å². The molecule has 0 saturated heterocycles. The van der Waals surface area contributed by atoms with Crippen LogP contribution in [0.2, 0.25) is 0 Å². The predicted octanol–water partition coefficient (Wildman–Crippen LogP) is 3.25. The summed E-state index contributed by atoms with van der Waals surface area (Å²) >= 11 is 0. The van der Waals surface area contributed by atoms with Crippen LogP contribution in [0.1, 0.15) is 53.0 Å². The molecule has 5 heteroatoms. The van der Waals surface area contributed by atoms with Crippen LogP contribution in [0.4, 0.5) is 0 Å². The fourth-order valence-corrected chi connectivity index (χ4v) is 3.20. The Bertz CT molecular complexity index is 521. The molecule has 0 radical (unpaired) electrons. The summed E-state index contributed by atoms with van der Waals surface area (Å²) in [6, 6.07) is 10.7. The van der Waals surface area contributed by atoms with Crippen LogP contribution >= 0.6 is 0 Å². The zero-order valence-corrected chi connectivity index (χ0v) is 16.8. The lowest BCUT2D eigenvalue weighted by atomic mass is 10.2. The third kappa shape index (κ3) is 8.14. The zero-order valence-electron chi connectivity index (χ0n) is 16.8. The van der Waals surface area contributed by atoms with Gasteiger partial charge in [0, 0.05) is 12.6 Å². The third-order valence-electron chi connectivity index (χ3n) is 4.28. The quantitative estimate of drug-likeness (QED) is 0.520. The van der Waals surface area contributed by atoms with E-state index in [4.69, 9.17) is 14.2 Å². The van der Waals surface area contributed by atoms with Crippen molar-refractivity contribution in [2.45, 2.75) is 83.6 Å². The Hall–Kier alpha value is -0.980. The molecular formula is C21H35NO4. The normalized spacial score (nSPS) is 24.2. The number of aliphatic hydroxyl groups is 1. The number of nitrogens with one attached hydrogen (secondary N) is 1. The van der Waals surface area contributed by atoms with Gasteiger partial charge < -0.3 is 24.6 Å². The Kier molecular flexibility index (Phi) is 7.62. The van der Waals surface area contributed by atoms with E-state index in [1.54, 1.807) is 13.8 Å². The fraction of sp³-hybridized carbons (Fsp3) is 0.714. The smallest absolute Gasteiger partial charge is 0.160 e. The maximum atomic E-state index is 10.0. The SMILES string of the molecule is CC(C)(C)OCCOC1CC(NCc2ccccc2)CC1OC(C)(C)O. The van der Waals surface area contributed by atoms with Gasteiger partial charge in [-0.2, -0.15) is 0 Å². The summed E-state index contributed by atoms with van der Waals surface area (Å²) in [5.74, 6) is -1.16. The van der Waals surface area contributed by atoms with Crippen LogP contribution in [0.25, 0.3) is 0 Å². The second kappa shape index (κ2) is 9.29. The lowest BCUT2D eigenvalue weighted by Gasteiger charge is -2.28. The van der Waals surface area contributed by atoms with Crippen molar-refractivity contribution in [1.29, 1.82) is 0 Å². The average Bonchev–Trinajstić information content (AvgIpc) is 2.90. The van der Waals surface area contributed by atoms with E-state index in [-0.39, 0.29) is 17.8 Å². The van der Waals surface area contributed by atoms with Gasteiger partial charge >= 0.3 is 0 Å². The molecule has 1 fully saturated rings.